The maximum atomic E-state index is 14.8. The van der Waals surface area contributed by atoms with Gasteiger partial charge in [-0.05, 0) is 57.5 Å². The average molecular weight is 623 g/mol. The molecule has 1 aliphatic rings. The van der Waals surface area contributed by atoms with Gasteiger partial charge in [0.05, 0.1) is 34.5 Å². The summed E-state index contributed by atoms with van der Waals surface area (Å²) in [7, 11) is 0. The summed E-state index contributed by atoms with van der Waals surface area (Å²) in [5, 5.41) is 20.4. The van der Waals surface area contributed by atoms with E-state index in [0.29, 0.717) is 5.69 Å². The van der Waals surface area contributed by atoms with E-state index in [1.807, 2.05) is 51.2 Å². The highest BCUT2D eigenvalue weighted by molar-refractivity contribution is 6.30. The van der Waals surface area contributed by atoms with Crippen molar-refractivity contribution in [3.05, 3.63) is 82.1 Å². The Kier molecular flexibility index (Phi) is 8.67. The lowest BCUT2D eigenvalue weighted by Crippen LogP contribution is -2.57. The van der Waals surface area contributed by atoms with Crippen LogP contribution < -0.4 is 5.32 Å². The van der Waals surface area contributed by atoms with Gasteiger partial charge in [0.25, 0.3) is 5.91 Å². The minimum atomic E-state index is -0.565. The van der Waals surface area contributed by atoms with Crippen LogP contribution in [0.25, 0.3) is 11.4 Å². The van der Waals surface area contributed by atoms with E-state index in [-0.39, 0.29) is 34.2 Å². The monoisotopic (exact) mass is 622 g/mol. The normalized spacial score (nSPS) is 16.7. The van der Waals surface area contributed by atoms with E-state index in [0.717, 1.165) is 43.0 Å². The molecule has 12 heteroatoms. The van der Waals surface area contributed by atoms with Crippen LogP contribution in [0.3, 0.4) is 0 Å². The fourth-order valence-corrected chi connectivity index (χ4v) is 6.14. The summed E-state index contributed by atoms with van der Waals surface area (Å²) in [6.07, 6.45) is 2.69. The number of para-hydroxylation sites is 1. The van der Waals surface area contributed by atoms with Crippen LogP contribution in [-0.2, 0) is 23.1 Å². The van der Waals surface area contributed by atoms with Crippen molar-refractivity contribution < 1.29 is 13.9 Å². The van der Waals surface area contributed by atoms with Crippen LogP contribution in [-0.4, -0.2) is 71.6 Å². The third-order valence-electron chi connectivity index (χ3n) is 7.40. The number of hydrogen-bond donors (Lipinski definition) is 1. The molecule has 44 heavy (non-hydrogen) atoms. The topological polar surface area (TPSA) is 103 Å². The molecule has 234 valence electrons. The van der Waals surface area contributed by atoms with Gasteiger partial charge in [-0.25, -0.2) is 13.8 Å². The molecule has 2 aromatic heterocycles. The molecule has 5 rings (SSSR count). The second kappa shape index (κ2) is 12.0. The molecule has 0 radical (unpaired) electrons. The van der Waals surface area contributed by atoms with Crippen molar-refractivity contribution in [1.82, 2.24) is 40.2 Å². The van der Waals surface area contributed by atoms with Crippen molar-refractivity contribution in [2.75, 3.05) is 19.6 Å². The fraction of sp³-hybridized carbons (Fsp3) is 0.469. The van der Waals surface area contributed by atoms with E-state index >= 15 is 0 Å². The van der Waals surface area contributed by atoms with E-state index in [2.05, 4.69) is 58.5 Å². The molecule has 10 nitrogen and oxygen atoms in total. The quantitative estimate of drug-likeness (QED) is 0.284. The lowest BCUT2D eigenvalue weighted by atomic mass is 9.90. The summed E-state index contributed by atoms with van der Waals surface area (Å²) in [6.45, 7) is 17.0. The van der Waals surface area contributed by atoms with E-state index < -0.39 is 17.1 Å². The SMILES string of the molecule is CC1(C)CN(CCc2cn(-c3ccccc3CNC(=O)c3nnn(-c4ccc(Cl)cc4F)c3C(C)(C)C)nn2)CC(C)(C)O1. The van der Waals surface area contributed by atoms with Crippen LogP contribution in [0.2, 0.25) is 5.02 Å². The summed E-state index contributed by atoms with van der Waals surface area (Å²) in [4.78, 5) is 15.9. The van der Waals surface area contributed by atoms with Crippen LogP contribution in [0.5, 0.6) is 0 Å². The van der Waals surface area contributed by atoms with Gasteiger partial charge >= 0.3 is 0 Å². The average Bonchev–Trinajstić information content (AvgIpc) is 3.57. The molecule has 3 heterocycles. The highest BCUT2D eigenvalue weighted by atomic mass is 35.5. The number of amides is 1. The molecule has 1 fully saturated rings. The number of benzene rings is 2. The Morgan fingerprint density at radius 1 is 1.02 bits per heavy atom. The van der Waals surface area contributed by atoms with Crippen LogP contribution in [0.1, 0.15) is 75.9 Å². The summed E-state index contributed by atoms with van der Waals surface area (Å²) >= 11 is 5.95. The second-order valence-electron chi connectivity index (χ2n) is 13.6. The van der Waals surface area contributed by atoms with Crippen molar-refractivity contribution in [3.8, 4) is 11.4 Å². The molecule has 1 N–H and O–H groups in total. The Morgan fingerprint density at radius 2 is 1.73 bits per heavy atom. The minimum absolute atomic E-state index is 0.127. The molecule has 0 spiro atoms. The first-order valence-electron chi connectivity index (χ1n) is 14.7. The number of halogens is 2. The predicted molar refractivity (Wildman–Crippen MR) is 167 cm³/mol. The number of rotatable bonds is 8. The first kappa shape index (κ1) is 31.7. The van der Waals surface area contributed by atoms with E-state index in [1.165, 1.54) is 16.8 Å². The number of carbonyl (C=O) groups is 1. The summed E-state index contributed by atoms with van der Waals surface area (Å²) in [5.41, 5.74) is 2.33. The number of hydrogen-bond acceptors (Lipinski definition) is 7. The highest BCUT2D eigenvalue weighted by Crippen LogP contribution is 2.30. The van der Waals surface area contributed by atoms with Gasteiger partial charge in [0.2, 0.25) is 0 Å². The summed E-state index contributed by atoms with van der Waals surface area (Å²) < 4.78 is 24.1. The van der Waals surface area contributed by atoms with E-state index in [1.54, 1.807) is 10.7 Å². The zero-order valence-corrected chi connectivity index (χ0v) is 27.1. The Morgan fingerprint density at radius 3 is 2.41 bits per heavy atom. The number of nitrogens with one attached hydrogen (secondary N) is 1. The van der Waals surface area contributed by atoms with Gasteiger partial charge in [-0.1, -0.05) is 61.0 Å². The Hall–Kier alpha value is -3.67. The first-order valence-corrected chi connectivity index (χ1v) is 15.1. The fourth-order valence-electron chi connectivity index (χ4n) is 5.98. The molecule has 1 amide bonds. The van der Waals surface area contributed by atoms with Crippen molar-refractivity contribution in [2.24, 2.45) is 0 Å². The molecule has 4 aromatic rings. The molecule has 0 unspecified atom stereocenters. The molecule has 0 bridgehead atoms. The van der Waals surface area contributed by atoms with E-state index in [9.17, 15) is 9.18 Å². The predicted octanol–water partition coefficient (Wildman–Crippen LogP) is 5.30. The standard InChI is InChI=1S/C32H40ClFN8O2/c1-30(2,3)28-27(37-39-42(28)26-13-12-22(33)16-24(26)34)29(43)35-17-21-10-8-9-11-25(21)41-18-23(36-38-41)14-15-40-19-31(4,5)44-32(6,7)20-40/h8-13,16,18H,14-15,17,19-20H2,1-7H3,(H,35,43). The van der Waals surface area contributed by atoms with Crippen LogP contribution in [0.15, 0.2) is 48.7 Å². The third-order valence-corrected chi connectivity index (χ3v) is 7.63. The molecular weight excluding hydrogens is 583 g/mol. The molecule has 0 atom stereocenters. The lowest BCUT2D eigenvalue weighted by Gasteiger charge is -2.47. The van der Waals surface area contributed by atoms with Crippen molar-refractivity contribution in [2.45, 2.75) is 78.0 Å². The van der Waals surface area contributed by atoms with E-state index in [4.69, 9.17) is 16.3 Å². The van der Waals surface area contributed by atoms with Gasteiger partial charge in [0.1, 0.15) is 11.5 Å². The smallest absolute Gasteiger partial charge is 0.274 e. The maximum absolute atomic E-state index is 14.8. The zero-order chi connectivity index (χ0) is 31.9. The summed E-state index contributed by atoms with van der Waals surface area (Å²) in [5.74, 6) is -0.973. The molecule has 0 saturated carbocycles. The highest BCUT2D eigenvalue weighted by Gasteiger charge is 2.38. The van der Waals surface area contributed by atoms with Crippen molar-refractivity contribution in [3.63, 3.8) is 0 Å². The van der Waals surface area contributed by atoms with Gasteiger partial charge in [-0.3, -0.25) is 9.69 Å². The van der Waals surface area contributed by atoms with Crippen LogP contribution >= 0.6 is 11.6 Å². The second-order valence-corrected chi connectivity index (χ2v) is 14.0. The van der Waals surface area contributed by atoms with Gasteiger partial charge < -0.3 is 10.1 Å². The zero-order valence-electron chi connectivity index (χ0n) is 26.4. The largest absolute Gasteiger partial charge is 0.367 e. The number of ether oxygens (including phenoxy) is 1. The number of aromatic nitrogens is 6. The Balaban J connectivity index is 1.30. The third kappa shape index (κ3) is 7.17. The maximum Gasteiger partial charge on any atom is 0.274 e. The summed E-state index contributed by atoms with van der Waals surface area (Å²) in [6, 6.07) is 12.0. The Bertz CT molecular complexity index is 1640. The number of morpholine rings is 1. The van der Waals surface area contributed by atoms with Crippen molar-refractivity contribution >= 4 is 17.5 Å². The van der Waals surface area contributed by atoms with Gasteiger partial charge in [-0.15, -0.1) is 10.2 Å². The van der Waals surface area contributed by atoms with Crippen LogP contribution in [0.4, 0.5) is 4.39 Å². The van der Waals surface area contributed by atoms with Gasteiger partial charge in [-0.2, -0.15) is 0 Å². The molecule has 1 aliphatic heterocycles. The molecular formula is C32H40ClFN8O2. The van der Waals surface area contributed by atoms with Crippen LogP contribution in [0, 0.1) is 5.82 Å². The number of nitrogens with zero attached hydrogens (tertiary/aromatic N) is 7. The Labute approximate surface area is 262 Å². The van der Waals surface area contributed by atoms with Crippen molar-refractivity contribution in [1.29, 1.82) is 0 Å². The van der Waals surface area contributed by atoms with Gasteiger partial charge in [0, 0.05) is 43.0 Å². The molecule has 1 saturated heterocycles. The number of carbonyl (C=O) groups excluding carboxylic acids is 1. The first-order chi connectivity index (χ1) is 20.6. The molecule has 0 aliphatic carbocycles. The van der Waals surface area contributed by atoms with Gasteiger partial charge in [0.15, 0.2) is 5.69 Å². The minimum Gasteiger partial charge on any atom is -0.367 e. The molecule has 2 aromatic carbocycles. The lowest BCUT2D eigenvalue weighted by molar-refractivity contribution is -0.180.